The molecule has 40 heavy (non-hydrogen) atoms. The van der Waals surface area contributed by atoms with Gasteiger partial charge in [-0.3, -0.25) is 0 Å². The molecular formula is C29H35F3N6O2. The summed E-state index contributed by atoms with van der Waals surface area (Å²) in [4.78, 5) is 16.1. The highest BCUT2D eigenvalue weighted by atomic mass is 19.4. The Labute approximate surface area is 232 Å². The summed E-state index contributed by atoms with van der Waals surface area (Å²) in [6, 6.07) is 8.38. The average molecular weight is 557 g/mol. The van der Waals surface area contributed by atoms with Gasteiger partial charge in [-0.1, -0.05) is 24.0 Å². The van der Waals surface area contributed by atoms with Crippen molar-refractivity contribution in [3.05, 3.63) is 47.0 Å². The number of fused-ring (bicyclic) bond motifs is 1. The number of benzene rings is 1. The van der Waals surface area contributed by atoms with Gasteiger partial charge in [-0.2, -0.15) is 22.9 Å². The van der Waals surface area contributed by atoms with Crippen LogP contribution in [0.15, 0.2) is 29.4 Å². The third kappa shape index (κ3) is 6.60. The maximum Gasteiger partial charge on any atom is 0.453 e. The van der Waals surface area contributed by atoms with Crippen molar-refractivity contribution >= 4 is 11.9 Å². The van der Waals surface area contributed by atoms with Gasteiger partial charge in [0.25, 0.3) is 5.82 Å². The van der Waals surface area contributed by atoms with Crippen molar-refractivity contribution in [3.8, 4) is 11.8 Å². The van der Waals surface area contributed by atoms with Crippen molar-refractivity contribution < 1.29 is 22.7 Å². The van der Waals surface area contributed by atoms with Crippen LogP contribution in [0.3, 0.4) is 0 Å². The van der Waals surface area contributed by atoms with Gasteiger partial charge in [-0.15, -0.1) is 10.2 Å². The number of amides is 1. The zero-order valence-corrected chi connectivity index (χ0v) is 23.2. The van der Waals surface area contributed by atoms with Crippen LogP contribution in [0, 0.1) is 17.8 Å². The lowest BCUT2D eigenvalue weighted by Crippen LogP contribution is -2.41. The molecule has 0 unspecified atom stereocenters. The van der Waals surface area contributed by atoms with E-state index in [4.69, 9.17) is 4.74 Å². The van der Waals surface area contributed by atoms with Crippen molar-refractivity contribution in [1.29, 1.82) is 0 Å². The maximum atomic E-state index is 13.2. The fourth-order valence-corrected chi connectivity index (χ4v) is 5.39. The maximum absolute atomic E-state index is 13.2. The number of rotatable bonds is 1. The Morgan fingerprint density at radius 1 is 0.950 bits per heavy atom. The van der Waals surface area contributed by atoms with Gasteiger partial charge in [0, 0.05) is 50.5 Å². The van der Waals surface area contributed by atoms with E-state index in [0.717, 1.165) is 49.0 Å². The van der Waals surface area contributed by atoms with E-state index >= 15 is 0 Å². The van der Waals surface area contributed by atoms with Crippen LogP contribution in [0.2, 0.25) is 0 Å². The molecule has 5 rings (SSSR count). The van der Waals surface area contributed by atoms with Crippen LogP contribution in [0.4, 0.5) is 18.0 Å². The number of aryl methyl sites for hydroxylation is 1. The number of hydrogen-bond acceptors (Lipinski definition) is 6. The molecule has 11 heteroatoms. The summed E-state index contributed by atoms with van der Waals surface area (Å²) in [5.41, 5.74) is 1.73. The summed E-state index contributed by atoms with van der Waals surface area (Å²) in [5.74, 6) is 7.16. The number of nitrogens with zero attached hydrogens (tertiary/aromatic N) is 6. The first-order valence-electron chi connectivity index (χ1n) is 13.9. The molecule has 2 aromatic rings. The van der Waals surface area contributed by atoms with E-state index in [9.17, 15) is 18.0 Å². The Morgan fingerprint density at radius 3 is 2.25 bits per heavy atom. The predicted molar refractivity (Wildman–Crippen MR) is 144 cm³/mol. The van der Waals surface area contributed by atoms with Gasteiger partial charge in [-0.05, 0) is 70.1 Å². The molecular weight excluding hydrogens is 521 g/mol. The number of halogens is 3. The van der Waals surface area contributed by atoms with Crippen LogP contribution >= 0.6 is 0 Å². The van der Waals surface area contributed by atoms with E-state index in [1.54, 1.807) is 4.90 Å². The summed E-state index contributed by atoms with van der Waals surface area (Å²) in [6.07, 6.45) is -0.397. The van der Waals surface area contributed by atoms with Crippen LogP contribution in [-0.4, -0.2) is 68.4 Å². The lowest BCUT2D eigenvalue weighted by atomic mass is 9.88. The van der Waals surface area contributed by atoms with E-state index < -0.39 is 17.6 Å². The van der Waals surface area contributed by atoms with E-state index in [1.165, 1.54) is 5.56 Å². The lowest BCUT2D eigenvalue weighted by molar-refractivity contribution is -0.147. The van der Waals surface area contributed by atoms with Crippen LogP contribution in [0.25, 0.3) is 0 Å². The van der Waals surface area contributed by atoms with Gasteiger partial charge in [0.2, 0.25) is 0 Å². The van der Waals surface area contributed by atoms with Crippen molar-refractivity contribution in [2.45, 2.75) is 77.0 Å². The van der Waals surface area contributed by atoms with E-state index in [0.29, 0.717) is 37.7 Å². The molecule has 214 valence electrons. The minimum absolute atomic E-state index is 0.250. The fourth-order valence-electron chi connectivity index (χ4n) is 5.39. The topological polar surface area (TPSA) is 75.8 Å². The molecule has 0 aliphatic carbocycles. The molecule has 2 saturated heterocycles. The first kappa shape index (κ1) is 28.0. The molecule has 8 nitrogen and oxygen atoms in total. The van der Waals surface area contributed by atoms with Gasteiger partial charge >= 0.3 is 12.3 Å². The van der Waals surface area contributed by atoms with Crippen LogP contribution < -0.4 is 0 Å². The summed E-state index contributed by atoms with van der Waals surface area (Å²) in [7, 11) is 0. The van der Waals surface area contributed by atoms with Gasteiger partial charge in [0.05, 0.1) is 0 Å². The number of piperidine rings is 2. The zero-order chi connectivity index (χ0) is 28.5. The summed E-state index contributed by atoms with van der Waals surface area (Å²) in [5, 5.41) is 11.2. The number of amidine groups is 1. The van der Waals surface area contributed by atoms with Crippen LogP contribution in [0.5, 0.6) is 0 Å². The molecule has 2 fully saturated rings. The molecule has 3 aliphatic rings. The predicted octanol–water partition coefficient (Wildman–Crippen LogP) is 5.28. The Bertz CT molecular complexity index is 1300. The standard InChI is InChI=1S/C29H35F3N6O2/c1-28(2,3)40-27(39)37-16-12-21(13-17-37)5-4-20-6-8-22(9-7-20)23-14-18-36(19-15-23)25-11-10-24-33-34-26(29(30,31)32)38(24)35-25/h6-9,21,23H,10-19H2,1-3H3. The molecule has 0 N–H and O–H groups in total. The van der Waals surface area contributed by atoms with Gasteiger partial charge in [0.1, 0.15) is 11.4 Å². The molecule has 0 radical (unpaired) electrons. The highest BCUT2D eigenvalue weighted by Gasteiger charge is 2.40. The number of likely N-dealkylation sites (tertiary alicyclic amines) is 2. The van der Waals surface area contributed by atoms with Gasteiger partial charge < -0.3 is 14.5 Å². The molecule has 0 saturated carbocycles. The average Bonchev–Trinajstić information content (AvgIpc) is 3.36. The molecule has 3 aliphatic heterocycles. The SMILES string of the molecule is CC(C)(C)OC(=O)N1CCC(C#Cc2ccc(C3CCN(C4=Nn5c(nnc5C(F)(F)F)CC4)CC3)cc2)CC1. The highest BCUT2D eigenvalue weighted by molar-refractivity contribution is 5.83. The second kappa shape index (κ2) is 11.1. The number of carbonyl (C=O) groups is 1. The monoisotopic (exact) mass is 556 g/mol. The highest BCUT2D eigenvalue weighted by Crippen LogP contribution is 2.32. The minimum Gasteiger partial charge on any atom is -0.444 e. The van der Waals surface area contributed by atoms with Crippen LogP contribution in [0.1, 0.15) is 81.6 Å². The van der Waals surface area contributed by atoms with E-state index in [-0.39, 0.29) is 17.8 Å². The fraction of sp³-hybridized carbons (Fsp3) is 0.586. The molecule has 0 spiro atoms. The quantitative estimate of drug-likeness (QED) is 0.447. The second-order valence-electron chi connectivity index (χ2n) is 11.7. The number of aromatic nitrogens is 3. The number of alkyl halides is 3. The van der Waals surface area contributed by atoms with E-state index in [2.05, 4.69) is 56.3 Å². The van der Waals surface area contributed by atoms with E-state index in [1.807, 2.05) is 20.8 Å². The van der Waals surface area contributed by atoms with Crippen molar-refractivity contribution in [1.82, 2.24) is 24.7 Å². The molecule has 4 heterocycles. The Balaban J connectivity index is 1.12. The normalized spacial score (nSPS) is 19.0. The molecule has 1 aromatic heterocycles. The number of carbonyl (C=O) groups excluding carboxylic acids is 1. The van der Waals surface area contributed by atoms with Crippen LogP contribution in [-0.2, 0) is 17.3 Å². The van der Waals surface area contributed by atoms with Gasteiger partial charge in [0.15, 0.2) is 5.82 Å². The molecule has 0 atom stereocenters. The molecule has 1 amide bonds. The Morgan fingerprint density at radius 2 is 1.62 bits per heavy atom. The Hall–Kier alpha value is -3.55. The first-order valence-corrected chi connectivity index (χ1v) is 13.9. The minimum atomic E-state index is -4.58. The summed E-state index contributed by atoms with van der Waals surface area (Å²) in [6.45, 7) is 8.41. The molecule has 0 bridgehead atoms. The van der Waals surface area contributed by atoms with Crippen molar-refractivity contribution in [3.63, 3.8) is 0 Å². The first-order chi connectivity index (χ1) is 19.0. The van der Waals surface area contributed by atoms with Gasteiger partial charge in [-0.25, -0.2) is 4.79 Å². The molecule has 1 aromatic carbocycles. The smallest absolute Gasteiger partial charge is 0.444 e. The lowest BCUT2D eigenvalue weighted by Gasteiger charge is -2.35. The zero-order valence-electron chi connectivity index (χ0n) is 23.2. The van der Waals surface area contributed by atoms with Crippen molar-refractivity contribution in [2.24, 2.45) is 11.0 Å². The number of ether oxygens (including phenoxy) is 1. The summed E-state index contributed by atoms with van der Waals surface area (Å²) >= 11 is 0. The third-order valence-corrected chi connectivity index (χ3v) is 7.56. The third-order valence-electron chi connectivity index (χ3n) is 7.56. The second-order valence-corrected chi connectivity index (χ2v) is 11.7. The number of hydrogen-bond donors (Lipinski definition) is 0. The Kier molecular flexibility index (Phi) is 7.80. The largest absolute Gasteiger partial charge is 0.453 e. The summed E-state index contributed by atoms with van der Waals surface area (Å²) < 4.78 is 46.0. The van der Waals surface area contributed by atoms with Crippen molar-refractivity contribution in [2.75, 3.05) is 26.2 Å².